The number of rotatable bonds is 8. The zero-order chi connectivity index (χ0) is 25.2. The van der Waals surface area contributed by atoms with Crippen molar-refractivity contribution >= 4 is 5.78 Å². The molecule has 37 heavy (non-hydrogen) atoms. The van der Waals surface area contributed by atoms with E-state index in [9.17, 15) is 4.79 Å². The van der Waals surface area contributed by atoms with Gasteiger partial charge in [0.25, 0.3) is 0 Å². The topological polar surface area (TPSA) is 17.1 Å². The number of hydrogen-bond donors (Lipinski definition) is 0. The molecule has 1 nitrogen and oxygen atoms in total. The fourth-order valence-corrected chi connectivity index (χ4v) is 6.69. The Kier molecular flexibility index (Phi) is 6.62. The maximum atomic E-state index is 13.7. The molecule has 2 aliphatic rings. The Bertz CT molecular complexity index is 1380. The number of benzene rings is 4. The van der Waals surface area contributed by atoms with E-state index in [-0.39, 0.29) is 13.1 Å². The molecule has 186 valence electrons. The van der Waals surface area contributed by atoms with Crippen LogP contribution in [0, 0.1) is 11.8 Å². The summed E-state index contributed by atoms with van der Waals surface area (Å²) in [7, 11) is 0. The molecule has 0 bridgehead atoms. The number of ketones is 1. The lowest BCUT2D eigenvalue weighted by atomic mass is 9.84. The Morgan fingerprint density at radius 2 is 1.43 bits per heavy atom. The fraction of sp³-hybridized carbons (Fsp3) is 0.250. The summed E-state index contributed by atoms with van der Waals surface area (Å²) in [6.07, 6.45) is 6.56. The maximum Gasteiger partial charge on any atom is 0.189 e. The van der Waals surface area contributed by atoms with Crippen molar-refractivity contribution in [2.75, 3.05) is 0 Å². The molecule has 1 saturated carbocycles. The third-order valence-electron chi connectivity index (χ3n) is 8.66. The van der Waals surface area contributed by atoms with Crippen LogP contribution < -0.4 is 0 Å². The average molecular weight is 485 g/mol. The van der Waals surface area contributed by atoms with Gasteiger partial charge < -0.3 is 0 Å². The standard InChI is InChI=1S/C36H34O.H2/c1-25(36(37)34-18-10-16-31-24-30-15-8-9-17-33(30)35(31)34)29-21-19-26(23-29)20-22-32(27-11-4-2-5-12-27)28-13-6-3-7-14-28;/h2-18,26,29,32H,1,19-24H2;1H. The van der Waals surface area contributed by atoms with Crippen LogP contribution in [-0.4, -0.2) is 5.78 Å². The average Bonchev–Trinajstić information content (AvgIpc) is 3.58. The van der Waals surface area contributed by atoms with Gasteiger partial charge in [-0.15, -0.1) is 0 Å². The Morgan fingerprint density at radius 3 is 2.16 bits per heavy atom. The summed E-state index contributed by atoms with van der Waals surface area (Å²) >= 11 is 0. The summed E-state index contributed by atoms with van der Waals surface area (Å²) in [4.78, 5) is 13.7. The van der Waals surface area contributed by atoms with Crippen molar-refractivity contribution in [3.8, 4) is 11.1 Å². The highest BCUT2D eigenvalue weighted by Crippen LogP contribution is 2.43. The van der Waals surface area contributed by atoms with Crippen molar-refractivity contribution in [3.05, 3.63) is 143 Å². The highest BCUT2D eigenvalue weighted by molar-refractivity contribution is 6.13. The Hall–Kier alpha value is -3.71. The van der Waals surface area contributed by atoms with Crippen LogP contribution in [0.1, 0.15) is 72.1 Å². The third kappa shape index (κ3) is 4.71. The molecule has 0 amide bonds. The number of Topliss-reactive ketones (excluding diaryl/α,β-unsaturated/α-hetero) is 1. The number of carbonyl (C=O) groups is 1. The summed E-state index contributed by atoms with van der Waals surface area (Å²) in [5, 5.41) is 0. The Balaban J connectivity index is 0.00000294. The molecule has 2 unspecified atom stereocenters. The lowest BCUT2D eigenvalue weighted by Crippen LogP contribution is -2.12. The van der Waals surface area contributed by atoms with Gasteiger partial charge in [-0.1, -0.05) is 110 Å². The van der Waals surface area contributed by atoms with Crippen molar-refractivity contribution in [1.82, 2.24) is 0 Å². The number of fused-ring (bicyclic) bond motifs is 3. The van der Waals surface area contributed by atoms with Crippen molar-refractivity contribution in [2.24, 2.45) is 11.8 Å². The van der Waals surface area contributed by atoms with E-state index in [2.05, 4.69) is 97.6 Å². The van der Waals surface area contributed by atoms with Crippen molar-refractivity contribution < 1.29 is 6.22 Å². The Morgan fingerprint density at radius 1 is 0.784 bits per heavy atom. The van der Waals surface area contributed by atoms with Gasteiger partial charge in [0.05, 0.1) is 0 Å². The SMILES string of the molecule is C=C(C(=O)c1cccc2c1-c1ccccc1C2)C1CCC(CCC(c2ccccc2)c2ccccc2)C1.[HH]. The molecule has 0 aliphatic heterocycles. The lowest BCUT2D eigenvalue weighted by Gasteiger charge is -2.20. The van der Waals surface area contributed by atoms with Gasteiger partial charge in [0.15, 0.2) is 5.78 Å². The van der Waals surface area contributed by atoms with E-state index in [1.807, 2.05) is 12.1 Å². The van der Waals surface area contributed by atoms with Crippen molar-refractivity contribution in [3.63, 3.8) is 0 Å². The van der Waals surface area contributed by atoms with Gasteiger partial charge in [-0.2, -0.15) is 0 Å². The fourth-order valence-electron chi connectivity index (χ4n) is 6.69. The molecule has 4 aromatic carbocycles. The predicted molar refractivity (Wildman–Crippen MR) is 155 cm³/mol. The molecule has 2 aliphatic carbocycles. The third-order valence-corrected chi connectivity index (χ3v) is 8.66. The molecular weight excluding hydrogens is 448 g/mol. The van der Waals surface area contributed by atoms with Gasteiger partial charge in [0.2, 0.25) is 0 Å². The molecule has 1 heteroatoms. The summed E-state index contributed by atoms with van der Waals surface area (Å²) in [5.41, 5.74) is 9.35. The molecule has 0 radical (unpaired) electrons. The molecule has 4 aromatic rings. The number of carbonyl (C=O) groups excluding carboxylic acids is 1. The number of allylic oxidation sites excluding steroid dienone is 1. The highest BCUT2D eigenvalue weighted by Gasteiger charge is 2.32. The van der Waals surface area contributed by atoms with E-state index < -0.39 is 0 Å². The molecule has 0 saturated heterocycles. The summed E-state index contributed by atoms with van der Waals surface area (Å²) in [6, 6.07) is 36.5. The van der Waals surface area contributed by atoms with E-state index in [0.29, 0.717) is 11.8 Å². The van der Waals surface area contributed by atoms with Gasteiger partial charge in [0.1, 0.15) is 0 Å². The van der Waals surface area contributed by atoms with E-state index in [1.54, 1.807) is 0 Å². The summed E-state index contributed by atoms with van der Waals surface area (Å²) in [5.74, 6) is 1.49. The van der Waals surface area contributed by atoms with Crippen LogP contribution in [0.4, 0.5) is 0 Å². The zero-order valence-electron chi connectivity index (χ0n) is 21.4. The van der Waals surface area contributed by atoms with Gasteiger partial charge in [-0.25, -0.2) is 0 Å². The van der Waals surface area contributed by atoms with Crippen LogP contribution in [0.15, 0.2) is 115 Å². The van der Waals surface area contributed by atoms with Gasteiger partial charge in [-0.3, -0.25) is 4.79 Å². The van der Waals surface area contributed by atoms with Crippen molar-refractivity contribution in [2.45, 2.75) is 44.4 Å². The van der Waals surface area contributed by atoms with Gasteiger partial charge in [0, 0.05) is 12.9 Å². The van der Waals surface area contributed by atoms with E-state index >= 15 is 0 Å². The van der Waals surface area contributed by atoms with Crippen molar-refractivity contribution in [1.29, 1.82) is 0 Å². The van der Waals surface area contributed by atoms with Crippen LogP contribution in [0.5, 0.6) is 0 Å². The minimum atomic E-state index is 0. The second kappa shape index (κ2) is 10.3. The monoisotopic (exact) mass is 484 g/mol. The number of hydrogen-bond acceptors (Lipinski definition) is 1. The van der Waals surface area contributed by atoms with E-state index in [1.165, 1.54) is 40.7 Å². The van der Waals surface area contributed by atoms with E-state index in [0.717, 1.165) is 42.4 Å². The first kappa shape index (κ1) is 23.7. The first-order chi connectivity index (χ1) is 18.2. The van der Waals surface area contributed by atoms with Crippen LogP contribution >= 0.6 is 0 Å². The minimum absolute atomic E-state index is 0. The smallest absolute Gasteiger partial charge is 0.189 e. The van der Waals surface area contributed by atoms with E-state index in [4.69, 9.17) is 0 Å². The quantitative estimate of drug-likeness (QED) is 0.158. The van der Waals surface area contributed by atoms with Gasteiger partial charge in [-0.05, 0) is 89.3 Å². The molecule has 2 atom stereocenters. The molecule has 0 aromatic heterocycles. The first-order valence-corrected chi connectivity index (χ1v) is 13.7. The molecular formula is C36H36O. The summed E-state index contributed by atoms with van der Waals surface area (Å²) in [6.45, 7) is 4.37. The minimum Gasteiger partial charge on any atom is -0.289 e. The van der Waals surface area contributed by atoms with Crippen LogP contribution in [0.25, 0.3) is 11.1 Å². The Labute approximate surface area is 222 Å². The molecule has 6 rings (SSSR count). The molecule has 0 N–H and O–H groups in total. The second-order valence-corrected chi connectivity index (χ2v) is 10.9. The summed E-state index contributed by atoms with van der Waals surface area (Å²) < 4.78 is 0. The predicted octanol–water partition coefficient (Wildman–Crippen LogP) is 9.27. The highest BCUT2D eigenvalue weighted by atomic mass is 16.1. The van der Waals surface area contributed by atoms with Crippen LogP contribution in [0.3, 0.4) is 0 Å². The second-order valence-electron chi connectivity index (χ2n) is 10.9. The zero-order valence-corrected chi connectivity index (χ0v) is 21.4. The van der Waals surface area contributed by atoms with Crippen LogP contribution in [0.2, 0.25) is 0 Å². The van der Waals surface area contributed by atoms with Gasteiger partial charge >= 0.3 is 0 Å². The molecule has 0 spiro atoms. The lowest BCUT2D eigenvalue weighted by molar-refractivity contribution is 0.102. The maximum absolute atomic E-state index is 13.7. The molecule has 1 fully saturated rings. The largest absolute Gasteiger partial charge is 0.289 e. The molecule has 0 heterocycles. The normalized spacial score (nSPS) is 18.0. The first-order valence-electron chi connectivity index (χ1n) is 13.7. The van der Waals surface area contributed by atoms with Crippen LogP contribution in [-0.2, 0) is 6.42 Å².